The third-order valence-electron chi connectivity index (χ3n) is 3.75. The number of rotatable bonds is 8. The maximum Gasteiger partial charge on any atom is 0.282 e. The summed E-state index contributed by atoms with van der Waals surface area (Å²) in [6, 6.07) is 1.35. The van der Waals surface area contributed by atoms with Crippen LogP contribution in [-0.4, -0.2) is 32.0 Å². The molecule has 0 aliphatic carbocycles. The minimum atomic E-state index is -3.00. The lowest BCUT2D eigenvalue weighted by Crippen LogP contribution is -2.33. The minimum Gasteiger partial charge on any atom is -0.354 e. The number of carbonyl (C=O) groups excluding carboxylic acids is 1. The topological polar surface area (TPSA) is 64.7 Å². The van der Waals surface area contributed by atoms with E-state index in [2.05, 4.69) is 15.5 Å². The highest BCUT2D eigenvalue weighted by molar-refractivity contribution is 5.79. The molecule has 0 bridgehead atoms. The Hall–Kier alpha value is -2.39. The first-order valence-corrected chi connectivity index (χ1v) is 7.73. The number of amides is 1. The Balaban J connectivity index is 1.94. The van der Waals surface area contributed by atoms with Crippen LogP contribution in [0, 0.1) is 6.92 Å². The summed E-state index contributed by atoms with van der Waals surface area (Å²) in [7, 11) is 0. The maximum absolute atomic E-state index is 13.0. The first kappa shape index (κ1) is 18.9. The van der Waals surface area contributed by atoms with Crippen LogP contribution in [0.3, 0.4) is 0 Å². The monoisotopic (exact) mass is 361 g/mol. The molecular weight excluding hydrogens is 342 g/mol. The Morgan fingerprint density at radius 3 is 2.56 bits per heavy atom. The summed E-state index contributed by atoms with van der Waals surface area (Å²) in [5.41, 5.74) is -0.494. The summed E-state index contributed by atoms with van der Waals surface area (Å²) in [6.45, 7) is 4.13. The molecule has 0 aromatic carbocycles. The second kappa shape index (κ2) is 8.13. The second-order valence-corrected chi connectivity index (χ2v) is 5.56. The molecular formula is C15H19F4N5O. The Morgan fingerprint density at radius 1 is 1.28 bits per heavy atom. The fraction of sp³-hybridized carbons (Fsp3) is 0.533. The summed E-state index contributed by atoms with van der Waals surface area (Å²) >= 11 is 0. The van der Waals surface area contributed by atoms with E-state index in [0.29, 0.717) is 30.3 Å². The first-order valence-electron chi connectivity index (χ1n) is 7.73. The van der Waals surface area contributed by atoms with Crippen molar-refractivity contribution >= 4 is 5.91 Å². The van der Waals surface area contributed by atoms with Crippen molar-refractivity contribution in [2.45, 2.75) is 45.7 Å². The molecule has 0 saturated heterocycles. The van der Waals surface area contributed by atoms with Crippen LogP contribution in [-0.2, 0) is 11.3 Å². The molecule has 1 N–H and O–H groups in total. The van der Waals surface area contributed by atoms with Gasteiger partial charge in [0.25, 0.3) is 12.9 Å². The molecule has 25 heavy (non-hydrogen) atoms. The van der Waals surface area contributed by atoms with Crippen molar-refractivity contribution in [1.82, 2.24) is 24.9 Å². The van der Waals surface area contributed by atoms with Crippen LogP contribution < -0.4 is 5.32 Å². The number of halogens is 4. The van der Waals surface area contributed by atoms with Crippen molar-refractivity contribution in [3.63, 3.8) is 0 Å². The lowest BCUT2D eigenvalue weighted by atomic mass is 10.3. The molecule has 2 aromatic rings. The summed E-state index contributed by atoms with van der Waals surface area (Å²) in [5, 5.41) is 10.1. The smallest absolute Gasteiger partial charge is 0.282 e. The van der Waals surface area contributed by atoms with Crippen LogP contribution in [0.25, 0.3) is 0 Å². The molecule has 0 aliphatic rings. The average Bonchev–Trinajstić information content (AvgIpc) is 3.17. The summed E-state index contributed by atoms with van der Waals surface area (Å²) in [6.07, 6.45) is -3.73. The van der Waals surface area contributed by atoms with Crippen molar-refractivity contribution < 1.29 is 22.4 Å². The van der Waals surface area contributed by atoms with Crippen molar-refractivity contribution in [1.29, 1.82) is 0 Å². The zero-order valence-electron chi connectivity index (χ0n) is 13.8. The molecule has 2 rings (SSSR count). The predicted octanol–water partition coefficient (Wildman–Crippen LogP) is 3.03. The summed E-state index contributed by atoms with van der Waals surface area (Å²) in [5.74, 6) is -0.567. The van der Waals surface area contributed by atoms with Gasteiger partial charge in [-0.05, 0) is 32.4 Å². The van der Waals surface area contributed by atoms with Crippen molar-refractivity contribution in [3.05, 3.63) is 35.4 Å². The van der Waals surface area contributed by atoms with Crippen molar-refractivity contribution in [3.8, 4) is 0 Å². The number of nitrogens with one attached hydrogen (secondary N) is 1. The van der Waals surface area contributed by atoms with Gasteiger partial charge < -0.3 is 5.32 Å². The van der Waals surface area contributed by atoms with Crippen molar-refractivity contribution in [2.75, 3.05) is 6.54 Å². The van der Waals surface area contributed by atoms with E-state index in [1.807, 2.05) is 13.0 Å². The van der Waals surface area contributed by atoms with Gasteiger partial charge in [0.2, 0.25) is 5.91 Å². The van der Waals surface area contributed by atoms with Crippen LogP contribution in [0.1, 0.15) is 49.3 Å². The lowest BCUT2D eigenvalue weighted by Gasteiger charge is -2.15. The molecule has 0 saturated carbocycles. The van der Waals surface area contributed by atoms with Crippen molar-refractivity contribution in [2.24, 2.45) is 0 Å². The highest BCUT2D eigenvalue weighted by Gasteiger charge is 2.26. The molecule has 1 unspecified atom stereocenters. The van der Waals surface area contributed by atoms with E-state index in [9.17, 15) is 22.4 Å². The third kappa shape index (κ3) is 4.58. The van der Waals surface area contributed by atoms with Crippen LogP contribution in [0.2, 0.25) is 0 Å². The van der Waals surface area contributed by atoms with E-state index in [0.717, 1.165) is 5.69 Å². The molecule has 2 heterocycles. The Bertz CT molecular complexity index is 713. The molecule has 1 amide bonds. The lowest BCUT2D eigenvalue weighted by molar-refractivity contribution is -0.124. The minimum absolute atomic E-state index is 0.301. The number of hydrogen-bond donors (Lipinski definition) is 1. The van der Waals surface area contributed by atoms with Gasteiger partial charge in [0.1, 0.15) is 17.4 Å². The van der Waals surface area contributed by atoms with Crippen LogP contribution in [0.15, 0.2) is 18.3 Å². The summed E-state index contributed by atoms with van der Waals surface area (Å²) < 4.78 is 53.7. The fourth-order valence-corrected chi connectivity index (χ4v) is 2.34. The van der Waals surface area contributed by atoms with E-state index in [4.69, 9.17) is 0 Å². The Morgan fingerprint density at radius 2 is 2.00 bits per heavy atom. The van der Waals surface area contributed by atoms with Gasteiger partial charge in [0.15, 0.2) is 0 Å². The number of aromatic nitrogens is 4. The Labute approximate surface area is 141 Å². The molecule has 2 aromatic heterocycles. The number of hydrogen-bond acceptors (Lipinski definition) is 3. The van der Waals surface area contributed by atoms with Gasteiger partial charge in [-0.1, -0.05) is 0 Å². The van der Waals surface area contributed by atoms with Crippen LogP contribution in [0.4, 0.5) is 17.6 Å². The van der Waals surface area contributed by atoms with E-state index in [-0.39, 0.29) is 0 Å². The molecule has 10 heteroatoms. The van der Waals surface area contributed by atoms with Gasteiger partial charge in [-0.2, -0.15) is 10.2 Å². The van der Waals surface area contributed by atoms with Gasteiger partial charge in [0, 0.05) is 25.0 Å². The second-order valence-electron chi connectivity index (χ2n) is 5.56. The average molecular weight is 361 g/mol. The van der Waals surface area contributed by atoms with Gasteiger partial charge in [-0.15, -0.1) is 0 Å². The van der Waals surface area contributed by atoms with E-state index in [1.54, 1.807) is 10.9 Å². The zero-order chi connectivity index (χ0) is 18.6. The van der Waals surface area contributed by atoms with E-state index >= 15 is 0 Å². The number of aryl methyl sites for hydroxylation is 2. The molecule has 1 atom stereocenters. The molecule has 0 radical (unpaired) electrons. The normalized spacial score (nSPS) is 12.8. The Kier molecular flexibility index (Phi) is 6.16. The molecule has 0 spiro atoms. The standard InChI is InChI=1S/C15H19F4N5O/c1-9-4-6-21-23(9)7-3-5-20-15(25)10(2)24-12(14(18)19)8-11(22-24)13(16)17/h4,6,8,10,13-14H,3,5,7H2,1-2H3,(H,20,25). The molecule has 0 fully saturated rings. The SMILES string of the molecule is Cc1ccnn1CCCNC(=O)C(C)n1nc(C(F)F)cc1C(F)F. The molecule has 138 valence electrons. The van der Waals surface area contributed by atoms with Crippen LogP contribution >= 0.6 is 0 Å². The fourth-order valence-electron chi connectivity index (χ4n) is 2.34. The number of nitrogens with zero attached hydrogens (tertiary/aromatic N) is 4. The third-order valence-corrected chi connectivity index (χ3v) is 3.75. The summed E-state index contributed by atoms with van der Waals surface area (Å²) in [4.78, 5) is 12.1. The van der Waals surface area contributed by atoms with Gasteiger partial charge in [-0.3, -0.25) is 14.2 Å². The van der Waals surface area contributed by atoms with Gasteiger partial charge in [-0.25, -0.2) is 17.6 Å². The van der Waals surface area contributed by atoms with Gasteiger partial charge in [0.05, 0.1) is 0 Å². The maximum atomic E-state index is 13.0. The van der Waals surface area contributed by atoms with E-state index < -0.39 is 36.2 Å². The highest BCUT2D eigenvalue weighted by atomic mass is 19.3. The highest BCUT2D eigenvalue weighted by Crippen LogP contribution is 2.27. The largest absolute Gasteiger partial charge is 0.354 e. The molecule has 0 aliphatic heterocycles. The molecule has 6 nitrogen and oxygen atoms in total. The zero-order valence-corrected chi connectivity index (χ0v) is 13.8. The van der Waals surface area contributed by atoms with E-state index in [1.165, 1.54) is 6.92 Å². The number of alkyl halides is 4. The predicted molar refractivity (Wildman–Crippen MR) is 81.4 cm³/mol. The first-order chi connectivity index (χ1) is 11.8. The van der Waals surface area contributed by atoms with Gasteiger partial charge >= 0.3 is 0 Å². The van der Waals surface area contributed by atoms with Crippen LogP contribution in [0.5, 0.6) is 0 Å². The number of carbonyl (C=O) groups is 1. The quantitative estimate of drug-likeness (QED) is 0.581.